The number of rotatable bonds is 2. The Hall–Kier alpha value is -3.12. The highest BCUT2D eigenvalue weighted by molar-refractivity contribution is 7.71. The van der Waals surface area contributed by atoms with Crippen molar-refractivity contribution >= 4 is 12.2 Å². The van der Waals surface area contributed by atoms with Crippen molar-refractivity contribution in [2.45, 2.75) is 5.54 Å². The number of hydrogen-bond donors (Lipinski definition) is 1. The van der Waals surface area contributed by atoms with Crippen LogP contribution in [-0.2, 0) is 5.54 Å². The largest absolute Gasteiger partial charge is 0.270 e. The van der Waals surface area contributed by atoms with Crippen LogP contribution in [0.5, 0.6) is 0 Å². The summed E-state index contributed by atoms with van der Waals surface area (Å²) in [6.07, 6.45) is 1.57. The molecule has 1 heterocycles. The summed E-state index contributed by atoms with van der Waals surface area (Å²) in [5.74, 6) is -0.720. The highest BCUT2D eigenvalue weighted by Crippen LogP contribution is 2.53. The van der Waals surface area contributed by atoms with Gasteiger partial charge in [0.2, 0.25) is 4.77 Å². The fourth-order valence-electron chi connectivity index (χ4n) is 4.08. The van der Waals surface area contributed by atoms with Crippen molar-refractivity contribution in [3.8, 4) is 11.1 Å². The van der Waals surface area contributed by atoms with Gasteiger partial charge in [-0.1, -0.05) is 42.5 Å². The summed E-state index contributed by atoms with van der Waals surface area (Å²) in [4.78, 5) is 4.16. The minimum absolute atomic E-state index is 0.299. The van der Waals surface area contributed by atoms with Crippen LogP contribution in [-0.4, -0.2) is 14.8 Å². The van der Waals surface area contributed by atoms with Gasteiger partial charge >= 0.3 is 0 Å². The highest BCUT2D eigenvalue weighted by atomic mass is 32.1. The fraction of sp³-hybridized carbons (Fsp3) is 0.0476. The molecule has 1 aliphatic rings. The quantitative estimate of drug-likeness (QED) is 0.437. The number of halogens is 2. The van der Waals surface area contributed by atoms with Crippen LogP contribution in [0.4, 0.5) is 8.78 Å². The van der Waals surface area contributed by atoms with Crippen LogP contribution in [0.3, 0.4) is 0 Å². The predicted molar refractivity (Wildman–Crippen MR) is 101 cm³/mol. The smallest absolute Gasteiger partial charge is 0.213 e. The number of aromatic amines is 1. The molecule has 3 nitrogen and oxygen atoms in total. The Morgan fingerprint density at radius 1 is 0.852 bits per heavy atom. The van der Waals surface area contributed by atoms with E-state index in [2.05, 4.69) is 10.1 Å². The second-order valence-corrected chi connectivity index (χ2v) is 6.87. The second kappa shape index (κ2) is 5.69. The lowest BCUT2D eigenvalue weighted by Crippen LogP contribution is -2.36. The van der Waals surface area contributed by atoms with Gasteiger partial charge in [-0.15, -0.1) is 0 Å². The van der Waals surface area contributed by atoms with Crippen LogP contribution in [0.25, 0.3) is 11.1 Å². The molecule has 1 aliphatic carbocycles. The Labute approximate surface area is 158 Å². The van der Waals surface area contributed by atoms with Gasteiger partial charge in [0, 0.05) is 0 Å². The van der Waals surface area contributed by atoms with Crippen molar-refractivity contribution in [2.75, 3.05) is 0 Å². The van der Waals surface area contributed by atoms with E-state index in [0.29, 0.717) is 15.9 Å². The molecule has 0 saturated carbocycles. The molecule has 0 unspecified atom stereocenters. The topological polar surface area (TPSA) is 33.6 Å². The van der Waals surface area contributed by atoms with Crippen LogP contribution >= 0.6 is 12.2 Å². The van der Waals surface area contributed by atoms with E-state index in [-0.39, 0.29) is 11.6 Å². The monoisotopic (exact) mass is 377 g/mol. The summed E-state index contributed by atoms with van der Waals surface area (Å²) >= 11 is 5.18. The number of nitrogens with zero attached hydrogens (tertiary/aromatic N) is 2. The van der Waals surface area contributed by atoms with E-state index in [0.717, 1.165) is 16.7 Å². The molecule has 1 aromatic heterocycles. The normalized spacial score (nSPS) is 14.0. The molecule has 0 bridgehead atoms. The predicted octanol–water partition coefficient (Wildman–Crippen LogP) is 5.04. The van der Waals surface area contributed by atoms with E-state index in [4.69, 9.17) is 12.2 Å². The van der Waals surface area contributed by atoms with E-state index >= 15 is 0 Å². The molecular formula is C21H13F2N3S. The van der Waals surface area contributed by atoms with Crippen LogP contribution in [0.15, 0.2) is 73.1 Å². The maximum atomic E-state index is 14.3. The molecule has 0 atom stereocenters. The third-order valence-electron chi connectivity index (χ3n) is 5.09. The summed E-state index contributed by atoms with van der Waals surface area (Å²) in [6, 6.07) is 18.9. The first-order chi connectivity index (χ1) is 13.1. The Kier molecular flexibility index (Phi) is 3.39. The van der Waals surface area contributed by atoms with Gasteiger partial charge in [-0.25, -0.2) is 13.8 Å². The fourth-order valence-corrected chi connectivity index (χ4v) is 4.22. The van der Waals surface area contributed by atoms with Crippen LogP contribution < -0.4 is 0 Å². The molecule has 0 amide bonds. The third-order valence-corrected chi connectivity index (χ3v) is 5.29. The van der Waals surface area contributed by atoms with E-state index < -0.39 is 5.54 Å². The summed E-state index contributed by atoms with van der Waals surface area (Å²) in [5.41, 5.74) is 2.97. The summed E-state index contributed by atoms with van der Waals surface area (Å²) in [5, 5.41) is 3.05. The summed E-state index contributed by atoms with van der Waals surface area (Å²) < 4.78 is 30.7. The molecule has 0 aliphatic heterocycles. The van der Waals surface area contributed by atoms with E-state index in [1.807, 2.05) is 30.3 Å². The van der Waals surface area contributed by atoms with E-state index in [1.165, 1.54) is 24.3 Å². The van der Waals surface area contributed by atoms with Gasteiger partial charge in [-0.2, -0.15) is 0 Å². The zero-order chi connectivity index (χ0) is 18.6. The zero-order valence-electron chi connectivity index (χ0n) is 14.0. The lowest BCUT2D eigenvalue weighted by atomic mass is 9.80. The Morgan fingerprint density at radius 3 is 1.96 bits per heavy atom. The Balaban J connectivity index is 2.01. The first kappa shape index (κ1) is 16.1. The van der Waals surface area contributed by atoms with Gasteiger partial charge in [-0.3, -0.25) is 9.78 Å². The number of H-pyrrole nitrogens is 1. The summed E-state index contributed by atoms with van der Waals surface area (Å²) in [6.45, 7) is 0. The van der Waals surface area contributed by atoms with Gasteiger partial charge in [0.05, 0.1) is 0 Å². The van der Waals surface area contributed by atoms with Crippen LogP contribution in [0.1, 0.15) is 16.7 Å². The maximum Gasteiger partial charge on any atom is 0.213 e. The van der Waals surface area contributed by atoms with Gasteiger partial charge < -0.3 is 0 Å². The van der Waals surface area contributed by atoms with Crippen LogP contribution in [0.2, 0.25) is 0 Å². The number of benzene rings is 3. The van der Waals surface area contributed by atoms with E-state index in [1.54, 1.807) is 23.1 Å². The Morgan fingerprint density at radius 2 is 1.44 bits per heavy atom. The molecule has 0 fully saturated rings. The van der Waals surface area contributed by atoms with Crippen molar-refractivity contribution in [3.05, 3.63) is 106 Å². The maximum absolute atomic E-state index is 14.3. The van der Waals surface area contributed by atoms with Crippen molar-refractivity contribution in [1.29, 1.82) is 0 Å². The minimum atomic E-state index is -1.000. The second-order valence-electron chi connectivity index (χ2n) is 6.49. The van der Waals surface area contributed by atoms with Crippen molar-refractivity contribution in [3.63, 3.8) is 0 Å². The third kappa shape index (κ3) is 2.16. The molecular weight excluding hydrogens is 364 g/mol. The SMILES string of the molecule is Fc1ccc2c(c1)C(c1ccccc1)(n1cnc(=S)[nH]1)c1cc(F)ccc1-2. The minimum Gasteiger partial charge on any atom is -0.270 e. The standard InChI is InChI=1S/C21H13F2N3S/c22-14-6-8-16-17-9-7-15(23)11-19(17)21(18(16)10-14,13-4-2-1-3-5-13)26-12-24-20(27)25-26/h1-12H,(H,25,27). The summed E-state index contributed by atoms with van der Waals surface area (Å²) in [7, 11) is 0. The average molecular weight is 377 g/mol. The lowest BCUT2D eigenvalue weighted by molar-refractivity contribution is 0.462. The molecule has 0 radical (unpaired) electrons. The molecule has 0 spiro atoms. The molecule has 6 heteroatoms. The highest BCUT2D eigenvalue weighted by Gasteiger charge is 2.47. The zero-order valence-corrected chi connectivity index (χ0v) is 14.8. The van der Waals surface area contributed by atoms with Gasteiger partial charge in [0.25, 0.3) is 0 Å². The van der Waals surface area contributed by atoms with Crippen molar-refractivity contribution in [2.24, 2.45) is 0 Å². The lowest BCUT2D eigenvalue weighted by Gasteiger charge is -2.33. The van der Waals surface area contributed by atoms with Crippen molar-refractivity contribution in [1.82, 2.24) is 14.8 Å². The van der Waals surface area contributed by atoms with Gasteiger partial charge in [0.1, 0.15) is 23.5 Å². The van der Waals surface area contributed by atoms with Gasteiger partial charge in [-0.05, 0) is 64.3 Å². The molecule has 0 saturated heterocycles. The first-order valence-corrected chi connectivity index (χ1v) is 8.81. The number of nitrogens with one attached hydrogen (secondary N) is 1. The molecule has 1 N–H and O–H groups in total. The first-order valence-electron chi connectivity index (χ1n) is 8.41. The van der Waals surface area contributed by atoms with Gasteiger partial charge in [0.15, 0.2) is 0 Å². The Bertz CT molecular complexity index is 1180. The molecule has 27 heavy (non-hydrogen) atoms. The average Bonchev–Trinajstić information content (AvgIpc) is 3.21. The molecule has 4 aromatic rings. The molecule has 3 aromatic carbocycles. The number of aromatic nitrogens is 3. The number of hydrogen-bond acceptors (Lipinski definition) is 2. The molecule has 5 rings (SSSR count). The van der Waals surface area contributed by atoms with Crippen LogP contribution in [0, 0.1) is 16.4 Å². The van der Waals surface area contributed by atoms with E-state index in [9.17, 15) is 8.78 Å². The molecule has 132 valence electrons. The number of fused-ring (bicyclic) bond motifs is 3. The van der Waals surface area contributed by atoms with Crippen molar-refractivity contribution < 1.29 is 8.78 Å².